The summed E-state index contributed by atoms with van der Waals surface area (Å²) in [6.07, 6.45) is -4.83. The lowest BCUT2D eigenvalue weighted by molar-refractivity contribution is -0.274. The van der Waals surface area contributed by atoms with Gasteiger partial charge in [0, 0.05) is 11.6 Å². The van der Waals surface area contributed by atoms with Crippen molar-refractivity contribution in [2.75, 3.05) is 0 Å². The highest BCUT2D eigenvalue weighted by molar-refractivity contribution is 6.35. The van der Waals surface area contributed by atoms with Gasteiger partial charge in [-0.15, -0.1) is 13.2 Å². The standard InChI is InChI=1S/C13H14F3N3O4/c1-7(2)17-11(21)12(22)19-18-10(20)8-3-5-9(6-4-8)23-13(14,15)16/h3-7H,1-2H3,(H,17,21)(H,18,20)(H,19,22). The first-order chi connectivity index (χ1) is 10.6. The van der Waals surface area contributed by atoms with Crippen molar-refractivity contribution < 1.29 is 32.3 Å². The summed E-state index contributed by atoms with van der Waals surface area (Å²) in [6, 6.07) is 3.75. The molecule has 23 heavy (non-hydrogen) atoms. The number of ether oxygens (including phenoxy) is 1. The Bertz CT molecular complexity index is 585. The minimum atomic E-state index is -4.83. The topological polar surface area (TPSA) is 96.5 Å². The third kappa shape index (κ3) is 6.68. The van der Waals surface area contributed by atoms with Crippen LogP contribution in [-0.4, -0.2) is 30.1 Å². The summed E-state index contributed by atoms with van der Waals surface area (Å²) in [6.45, 7) is 3.29. The van der Waals surface area contributed by atoms with Gasteiger partial charge in [0.15, 0.2) is 0 Å². The predicted molar refractivity (Wildman–Crippen MR) is 72.0 cm³/mol. The Hall–Kier alpha value is -2.78. The maximum atomic E-state index is 12.0. The molecule has 3 amide bonds. The Kier molecular flexibility index (Phi) is 5.94. The van der Waals surface area contributed by atoms with Crippen molar-refractivity contribution in [3.05, 3.63) is 29.8 Å². The lowest BCUT2D eigenvalue weighted by atomic mass is 10.2. The fourth-order valence-electron chi connectivity index (χ4n) is 1.38. The summed E-state index contributed by atoms with van der Waals surface area (Å²) < 4.78 is 39.6. The molecule has 0 saturated heterocycles. The van der Waals surface area contributed by atoms with Crippen LogP contribution in [0.5, 0.6) is 5.75 Å². The molecule has 0 spiro atoms. The van der Waals surface area contributed by atoms with Crippen molar-refractivity contribution in [2.24, 2.45) is 0 Å². The van der Waals surface area contributed by atoms with Gasteiger partial charge >= 0.3 is 18.2 Å². The number of nitrogens with one attached hydrogen (secondary N) is 3. The van der Waals surface area contributed by atoms with Gasteiger partial charge in [0.2, 0.25) is 0 Å². The number of carbonyl (C=O) groups excluding carboxylic acids is 3. The molecule has 0 aromatic heterocycles. The number of rotatable bonds is 3. The number of hydrazine groups is 1. The molecular weight excluding hydrogens is 319 g/mol. The molecule has 0 aliphatic carbocycles. The molecule has 1 aromatic carbocycles. The predicted octanol–water partition coefficient (Wildman–Crippen LogP) is 0.871. The fourth-order valence-corrected chi connectivity index (χ4v) is 1.38. The molecule has 1 rings (SSSR count). The van der Waals surface area contributed by atoms with Gasteiger partial charge < -0.3 is 10.1 Å². The summed E-state index contributed by atoms with van der Waals surface area (Å²) in [5, 5.41) is 2.31. The van der Waals surface area contributed by atoms with Crippen molar-refractivity contribution in [2.45, 2.75) is 26.3 Å². The molecular formula is C13H14F3N3O4. The Balaban J connectivity index is 2.55. The van der Waals surface area contributed by atoms with Crippen molar-refractivity contribution in [1.82, 2.24) is 16.2 Å². The molecule has 7 nitrogen and oxygen atoms in total. The van der Waals surface area contributed by atoms with E-state index in [0.717, 1.165) is 24.3 Å². The van der Waals surface area contributed by atoms with Crippen LogP contribution < -0.4 is 20.9 Å². The van der Waals surface area contributed by atoms with E-state index >= 15 is 0 Å². The van der Waals surface area contributed by atoms with Gasteiger partial charge in [-0.2, -0.15) is 0 Å². The normalized spacial score (nSPS) is 10.9. The molecule has 126 valence electrons. The number of amides is 3. The van der Waals surface area contributed by atoms with Gasteiger partial charge in [-0.3, -0.25) is 25.2 Å². The molecule has 0 aliphatic rings. The molecule has 0 saturated carbocycles. The summed E-state index contributed by atoms with van der Waals surface area (Å²) in [4.78, 5) is 34.3. The molecule has 0 heterocycles. The van der Waals surface area contributed by atoms with E-state index in [9.17, 15) is 27.6 Å². The molecule has 0 aliphatic heterocycles. The van der Waals surface area contributed by atoms with E-state index in [0.29, 0.717) is 0 Å². The summed E-state index contributed by atoms with van der Waals surface area (Å²) in [7, 11) is 0. The van der Waals surface area contributed by atoms with Gasteiger partial charge in [0.25, 0.3) is 5.91 Å². The fraction of sp³-hybridized carbons (Fsp3) is 0.308. The van der Waals surface area contributed by atoms with Crippen LogP contribution in [0.3, 0.4) is 0 Å². The number of carbonyl (C=O) groups is 3. The highest BCUT2D eigenvalue weighted by Gasteiger charge is 2.31. The Labute approximate surface area is 129 Å². The van der Waals surface area contributed by atoms with Crippen molar-refractivity contribution in [3.63, 3.8) is 0 Å². The SMILES string of the molecule is CC(C)NC(=O)C(=O)NNC(=O)c1ccc(OC(F)(F)F)cc1. The highest BCUT2D eigenvalue weighted by Crippen LogP contribution is 2.22. The van der Waals surface area contributed by atoms with E-state index in [-0.39, 0.29) is 11.6 Å². The van der Waals surface area contributed by atoms with Gasteiger partial charge in [0.1, 0.15) is 5.75 Å². The average molecular weight is 333 g/mol. The van der Waals surface area contributed by atoms with Crippen LogP contribution in [0.2, 0.25) is 0 Å². The van der Waals surface area contributed by atoms with E-state index in [1.54, 1.807) is 13.8 Å². The second-order valence-corrected chi connectivity index (χ2v) is 4.61. The lowest BCUT2D eigenvalue weighted by Crippen LogP contribution is -2.49. The van der Waals surface area contributed by atoms with E-state index in [2.05, 4.69) is 10.1 Å². The van der Waals surface area contributed by atoms with Crippen LogP contribution in [0.1, 0.15) is 24.2 Å². The molecule has 1 aromatic rings. The van der Waals surface area contributed by atoms with Gasteiger partial charge in [-0.25, -0.2) is 0 Å². The molecule has 3 N–H and O–H groups in total. The monoisotopic (exact) mass is 333 g/mol. The van der Waals surface area contributed by atoms with Crippen LogP contribution in [-0.2, 0) is 9.59 Å². The molecule has 0 unspecified atom stereocenters. The number of alkyl halides is 3. The summed E-state index contributed by atoms with van der Waals surface area (Å²) in [5.74, 6) is -3.32. The largest absolute Gasteiger partial charge is 0.573 e. The maximum absolute atomic E-state index is 12.0. The first-order valence-corrected chi connectivity index (χ1v) is 6.35. The number of benzene rings is 1. The minimum absolute atomic E-state index is 0.0379. The first kappa shape index (κ1) is 18.3. The lowest BCUT2D eigenvalue weighted by Gasteiger charge is -2.11. The minimum Gasteiger partial charge on any atom is -0.406 e. The zero-order valence-electron chi connectivity index (χ0n) is 12.2. The number of halogens is 3. The molecule has 0 radical (unpaired) electrons. The van der Waals surface area contributed by atoms with Gasteiger partial charge in [0.05, 0.1) is 0 Å². The van der Waals surface area contributed by atoms with Gasteiger partial charge in [-0.1, -0.05) is 0 Å². The van der Waals surface area contributed by atoms with Crippen LogP contribution in [0.15, 0.2) is 24.3 Å². The Morgan fingerprint density at radius 1 is 1.00 bits per heavy atom. The second-order valence-electron chi connectivity index (χ2n) is 4.61. The Morgan fingerprint density at radius 2 is 1.57 bits per heavy atom. The average Bonchev–Trinajstić information content (AvgIpc) is 2.42. The van der Waals surface area contributed by atoms with Crippen molar-refractivity contribution in [3.8, 4) is 5.75 Å². The van der Waals surface area contributed by atoms with Crippen molar-refractivity contribution >= 4 is 17.7 Å². The molecule has 0 fully saturated rings. The summed E-state index contributed by atoms with van der Waals surface area (Å²) >= 11 is 0. The van der Waals surface area contributed by atoms with Crippen molar-refractivity contribution in [1.29, 1.82) is 0 Å². The van der Waals surface area contributed by atoms with E-state index in [1.807, 2.05) is 10.9 Å². The maximum Gasteiger partial charge on any atom is 0.573 e. The van der Waals surface area contributed by atoms with Crippen LogP contribution >= 0.6 is 0 Å². The Morgan fingerprint density at radius 3 is 2.04 bits per heavy atom. The third-order valence-electron chi connectivity index (χ3n) is 2.27. The first-order valence-electron chi connectivity index (χ1n) is 6.35. The molecule has 10 heteroatoms. The molecule has 0 bridgehead atoms. The number of hydrogen-bond donors (Lipinski definition) is 3. The third-order valence-corrected chi connectivity index (χ3v) is 2.27. The van der Waals surface area contributed by atoms with E-state index < -0.39 is 29.8 Å². The van der Waals surface area contributed by atoms with E-state index in [4.69, 9.17) is 0 Å². The van der Waals surface area contributed by atoms with Crippen LogP contribution in [0.25, 0.3) is 0 Å². The number of hydrogen-bond acceptors (Lipinski definition) is 4. The molecule has 0 atom stereocenters. The van der Waals surface area contributed by atoms with Crippen LogP contribution in [0, 0.1) is 0 Å². The zero-order chi connectivity index (χ0) is 17.6. The quantitative estimate of drug-likeness (QED) is 0.565. The second kappa shape index (κ2) is 7.47. The zero-order valence-corrected chi connectivity index (χ0v) is 12.2. The van der Waals surface area contributed by atoms with Gasteiger partial charge in [-0.05, 0) is 38.1 Å². The van der Waals surface area contributed by atoms with Crippen LogP contribution in [0.4, 0.5) is 13.2 Å². The highest BCUT2D eigenvalue weighted by atomic mass is 19.4. The summed E-state index contributed by atoms with van der Waals surface area (Å²) in [5.41, 5.74) is 3.80. The van der Waals surface area contributed by atoms with E-state index in [1.165, 1.54) is 0 Å². The smallest absolute Gasteiger partial charge is 0.406 e.